The Hall–Kier alpha value is -1.28. The van der Waals surface area contributed by atoms with Crippen molar-refractivity contribution < 1.29 is 0 Å². The molecule has 0 spiro atoms. The number of hydrogen-bond donors (Lipinski definition) is 0. The molecule has 0 N–H and O–H groups in total. The van der Waals surface area contributed by atoms with Crippen LogP contribution in [0, 0.1) is 0 Å². The molecule has 3 aromatic rings. The molecule has 154 valence electrons. The van der Waals surface area contributed by atoms with Gasteiger partial charge in [-0.05, 0) is 0 Å². The van der Waals surface area contributed by atoms with Crippen molar-refractivity contribution >= 4 is 32.7 Å². The van der Waals surface area contributed by atoms with Crippen molar-refractivity contribution in [2.45, 2.75) is 72.6 Å². The Bertz CT molecular complexity index is 859. The molecule has 0 fully saturated rings. The van der Waals surface area contributed by atoms with Crippen molar-refractivity contribution in [3.8, 4) is 11.1 Å². The molecule has 0 atom stereocenters. The summed E-state index contributed by atoms with van der Waals surface area (Å²) in [6, 6.07) is 25.2. The summed E-state index contributed by atoms with van der Waals surface area (Å²) in [6.07, 6.45) is 8.18. The van der Waals surface area contributed by atoms with Gasteiger partial charge in [-0.1, -0.05) is 0 Å². The zero-order chi connectivity index (χ0) is 20.5. The van der Waals surface area contributed by atoms with Gasteiger partial charge in [0.1, 0.15) is 0 Å². The van der Waals surface area contributed by atoms with E-state index in [2.05, 4.69) is 87.5 Å². The van der Waals surface area contributed by atoms with Gasteiger partial charge >= 0.3 is 183 Å². The summed E-state index contributed by atoms with van der Waals surface area (Å²) in [5.41, 5.74) is 2.96. The molecule has 0 aliphatic carbocycles. The van der Waals surface area contributed by atoms with Crippen molar-refractivity contribution in [2.75, 3.05) is 0 Å². The normalized spacial score (nSPS) is 11.8. The standard InChI is InChI=1S/C16H11.3C4H9.Sn/c1-2-6-13(7-3-1)16-11-10-14-8-4-5-9-15(14)12-16;3*1-3-4-2;/h1-11H;3*1,3-4H2,2H3;. The molecule has 0 aliphatic rings. The van der Waals surface area contributed by atoms with Crippen molar-refractivity contribution in [2.24, 2.45) is 0 Å². The fraction of sp³-hybridized carbons (Fsp3) is 0.429. The van der Waals surface area contributed by atoms with Gasteiger partial charge in [0.05, 0.1) is 0 Å². The van der Waals surface area contributed by atoms with E-state index in [-0.39, 0.29) is 0 Å². The second-order valence-corrected chi connectivity index (χ2v) is 21.7. The average molecular weight is 493 g/mol. The Morgan fingerprint density at radius 3 is 1.72 bits per heavy atom. The van der Waals surface area contributed by atoms with Gasteiger partial charge in [-0.25, -0.2) is 0 Å². The molecule has 0 bridgehead atoms. The van der Waals surface area contributed by atoms with Crippen LogP contribution in [-0.2, 0) is 0 Å². The van der Waals surface area contributed by atoms with Crippen LogP contribution in [0.2, 0.25) is 13.3 Å². The molecule has 0 heterocycles. The predicted octanol–water partition coefficient (Wildman–Crippen LogP) is 8.56. The molecular formula is C28H38Sn. The number of hydrogen-bond acceptors (Lipinski definition) is 0. The van der Waals surface area contributed by atoms with E-state index in [1.165, 1.54) is 62.8 Å². The number of unbranched alkanes of at least 4 members (excludes halogenated alkanes) is 3. The van der Waals surface area contributed by atoms with Gasteiger partial charge in [-0.3, -0.25) is 0 Å². The Morgan fingerprint density at radius 2 is 1.14 bits per heavy atom. The second-order valence-electron chi connectivity index (χ2n) is 8.67. The first-order valence-corrected chi connectivity index (χ1v) is 19.3. The third-order valence-corrected chi connectivity index (χ3v) is 22.4. The minimum absolute atomic E-state index is 1.32. The zero-order valence-electron chi connectivity index (χ0n) is 18.7. The van der Waals surface area contributed by atoms with Gasteiger partial charge < -0.3 is 0 Å². The van der Waals surface area contributed by atoms with Crippen LogP contribution in [0.1, 0.15) is 59.3 Å². The van der Waals surface area contributed by atoms with E-state index >= 15 is 0 Å². The van der Waals surface area contributed by atoms with E-state index in [1.807, 2.05) is 3.58 Å². The molecule has 0 unspecified atom stereocenters. The van der Waals surface area contributed by atoms with Gasteiger partial charge in [0.25, 0.3) is 0 Å². The van der Waals surface area contributed by atoms with E-state index in [4.69, 9.17) is 0 Å². The Balaban J connectivity index is 2.29. The monoisotopic (exact) mass is 494 g/mol. The predicted molar refractivity (Wildman–Crippen MR) is 134 cm³/mol. The van der Waals surface area contributed by atoms with Crippen LogP contribution in [0.5, 0.6) is 0 Å². The molecular weight excluding hydrogens is 455 g/mol. The second kappa shape index (κ2) is 11.2. The number of fused-ring (bicyclic) bond motifs is 1. The quantitative estimate of drug-likeness (QED) is 0.235. The Labute approximate surface area is 182 Å². The van der Waals surface area contributed by atoms with Gasteiger partial charge in [0, 0.05) is 0 Å². The topological polar surface area (TPSA) is 0 Å². The first-order chi connectivity index (χ1) is 14.3. The van der Waals surface area contributed by atoms with Crippen LogP contribution >= 0.6 is 0 Å². The molecule has 3 aromatic carbocycles. The maximum atomic E-state index is 2.45. The van der Waals surface area contributed by atoms with E-state index in [0.717, 1.165) is 0 Å². The Kier molecular flexibility index (Phi) is 8.66. The molecule has 0 amide bonds. The molecule has 0 saturated heterocycles. The average Bonchev–Trinajstić information content (AvgIpc) is 2.79. The summed E-state index contributed by atoms with van der Waals surface area (Å²) in [7, 11) is 0. The van der Waals surface area contributed by atoms with Crippen LogP contribution in [0.15, 0.2) is 66.7 Å². The zero-order valence-corrected chi connectivity index (χ0v) is 21.6. The van der Waals surface area contributed by atoms with E-state index in [0.29, 0.717) is 0 Å². The van der Waals surface area contributed by atoms with Gasteiger partial charge in [0.15, 0.2) is 0 Å². The summed E-state index contributed by atoms with van der Waals surface area (Å²) in [4.78, 5) is 0. The van der Waals surface area contributed by atoms with E-state index < -0.39 is 18.4 Å². The van der Waals surface area contributed by atoms with Gasteiger partial charge in [-0.15, -0.1) is 0 Å². The van der Waals surface area contributed by atoms with Crippen LogP contribution in [0.25, 0.3) is 21.9 Å². The molecule has 0 saturated carbocycles. The maximum absolute atomic E-state index is 2.60. The molecule has 0 aliphatic heterocycles. The van der Waals surface area contributed by atoms with Gasteiger partial charge in [-0.2, -0.15) is 0 Å². The SMILES string of the molecule is CCC[CH2][Sn]([CH2]CCC)([CH2]CCC)[c]1c(-c2ccccc2)ccc2ccccc12. The first kappa shape index (κ1) is 22.4. The van der Waals surface area contributed by atoms with Crippen molar-refractivity contribution in [1.29, 1.82) is 0 Å². The summed E-state index contributed by atoms with van der Waals surface area (Å²) >= 11 is -2.60. The molecule has 3 rings (SSSR count). The summed E-state index contributed by atoms with van der Waals surface area (Å²) in [5.74, 6) is 0. The molecule has 29 heavy (non-hydrogen) atoms. The number of rotatable bonds is 11. The van der Waals surface area contributed by atoms with E-state index in [1.54, 1.807) is 10.9 Å². The number of benzene rings is 3. The van der Waals surface area contributed by atoms with Crippen molar-refractivity contribution in [3.63, 3.8) is 0 Å². The van der Waals surface area contributed by atoms with Crippen molar-refractivity contribution in [3.05, 3.63) is 66.7 Å². The fourth-order valence-electron chi connectivity index (χ4n) is 5.00. The Morgan fingerprint density at radius 1 is 0.586 bits per heavy atom. The first-order valence-electron chi connectivity index (χ1n) is 11.8. The van der Waals surface area contributed by atoms with Crippen molar-refractivity contribution in [1.82, 2.24) is 0 Å². The fourth-order valence-corrected chi connectivity index (χ4v) is 22.7. The van der Waals surface area contributed by atoms with E-state index in [9.17, 15) is 0 Å². The third-order valence-electron chi connectivity index (χ3n) is 6.57. The third kappa shape index (κ3) is 5.26. The summed E-state index contributed by atoms with van der Waals surface area (Å²) in [5, 5.41) is 3.00. The van der Waals surface area contributed by atoms with Crippen LogP contribution in [0.3, 0.4) is 0 Å². The minimum atomic E-state index is -2.60. The molecule has 0 nitrogen and oxygen atoms in total. The van der Waals surface area contributed by atoms with Crippen LogP contribution in [0.4, 0.5) is 0 Å². The summed E-state index contributed by atoms with van der Waals surface area (Å²) < 4.78 is 6.37. The molecule has 1 heteroatoms. The van der Waals surface area contributed by atoms with Gasteiger partial charge in [0.2, 0.25) is 0 Å². The molecule has 0 radical (unpaired) electrons. The van der Waals surface area contributed by atoms with Crippen LogP contribution in [-0.4, -0.2) is 18.4 Å². The molecule has 0 aromatic heterocycles. The van der Waals surface area contributed by atoms with Crippen LogP contribution < -0.4 is 3.58 Å². The summed E-state index contributed by atoms with van der Waals surface area (Å²) in [6.45, 7) is 7.12.